The van der Waals surface area contributed by atoms with Crippen LogP contribution in [0.4, 0.5) is 0 Å². The first-order chi connectivity index (χ1) is 8.36. The van der Waals surface area contributed by atoms with Crippen LogP contribution >= 0.6 is 22.6 Å². The first-order valence-electron chi connectivity index (χ1n) is 6.82. The molecule has 0 spiro atoms. The van der Waals surface area contributed by atoms with Crippen molar-refractivity contribution in [2.24, 2.45) is 23.7 Å². The maximum absolute atomic E-state index is 11.7. The highest BCUT2D eigenvalue weighted by molar-refractivity contribution is 14.1. The second-order valence-corrected chi connectivity index (χ2v) is 7.60. The highest BCUT2D eigenvalue weighted by Crippen LogP contribution is 2.34. The molecule has 1 N–H and O–H groups in total. The Labute approximate surface area is 124 Å². The summed E-state index contributed by atoms with van der Waals surface area (Å²) in [6, 6.07) is 0. The van der Waals surface area contributed by atoms with E-state index in [0.29, 0.717) is 21.7 Å². The standard InChI is InChI=1S/C14H25IO3/c1-8(2)10(7-16)5-12(15)13-6-11(9(3)4)14(17)18-13/h8-13,16H,5-7H2,1-4H3/t10-,11+,12+,13+/m1/s1. The molecule has 4 atom stereocenters. The van der Waals surface area contributed by atoms with E-state index in [2.05, 4.69) is 50.3 Å². The Bertz CT molecular complexity index is 278. The molecule has 3 nitrogen and oxygen atoms in total. The third-order valence-corrected chi connectivity index (χ3v) is 5.28. The minimum absolute atomic E-state index is 0.0262. The van der Waals surface area contributed by atoms with E-state index in [-0.39, 0.29) is 24.6 Å². The molecule has 1 aliphatic heterocycles. The largest absolute Gasteiger partial charge is 0.461 e. The van der Waals surface area contributed by atoms with Crippen LogP contribution in [-0.2, 0) is 9.53 Å². The van der Waals surface area contributed by atoms with Gasteiger partial charge in [-0.1, -0.05) is 50.3 Å². The van der Waals surface area contributed by atoms with Crippen molar-refractivity contribution in [2.75, 3.05) is 6.61 Å². The zero-order chi connectivity index (χ0) is 13.9. The van der Waals surface area contributed by atoms with Gasteiger partial charge in [-0.05, 0) is 30.6 Å². The molecule has 0 saturated carbocycles. The third kappa shape index (κ3) is 4.08. The van der Waals surface area contributed by atoms with Crippen molar-refractivity contribution in [2.45, 2.75) is 50.6 Å². The molecule has 4 heteroatoms. The lowest BCUT2D eigenvalue weighted by Crippen LogP contribution is -2.26. The summed E-state index contributed by atoms with van der Waals surface area (Å²) < 4.78 is 5.79. The number of hydrogen-bond donors (Lipinski definition) is 1. The third-order valence-electron chi connectivity index (χ3n) is 3.97. The van der Waals surface area contributed by atoms with Crippen LogP contribution in [0.25, 0.3) is 0 Å². The highest BCUT2D eigenvalue weighted by Gasteiger charge is 2.40. The summed E-state index contributed by atoms with van der Waals surface area (Å²) in [6.45, 7) is 8.61. The number of aliphatic hydroxyl groups excluding tert-OH is 1. The molecular weight excluding hydrogens is 343 g/mol. The molecule has 0 aliphatic carbocycles. The summed E-state index contributed by atoms with van der Waals surface area (Å²) >= 11 is 2.37. The molecule has 0 unspecified atom stereocenters. The van der Waals surface area contributed by atoms with Crippen molar-refractivity contribution in [1.82, 2.24) is 0 Å². The second kappa shape index (κ2) is 7.08. The summed E-state index contributed by atoms with van der Waals surface area (Å²) in [4.78, 5) is 11.7. The lowest BCUT2D eigenvalue weighted by atomic mass is 9.88. The van der Waals surface area contributed by atoms with Gasteiger partial charge in [0.05, 0.1) is 5.92 Å². The molecule has 1 rings (SSSR count). The number of carbonyl (C=O) groups excluding carboxylic acids is 1. The van der Waals surface area contributed by atoms with Gasteiger partial charge in [0.1, 0.15) is 6.10 Å². The van der Waals surface area contributed by atoms with E-state index < -0.39 is 0 Å². The van der Waals surface area contributed by atoms with Crippen LogP contribution in [0.15, 0.2) is 0 Å². The van der Waals surface area contributed by atoms with Crippen LogP contribution in [0.3, 0.4) is 0 Å². The normalized spacial score (nSPS) is 27.7. The van der Waals surface area contributed by atoms with Gasteiger partial charge in [-0.2, -0.15) is 0 Å². The number of esters is 1. The molecule has 1 heterocycles. The summed E-state index contributed by atoms with van der Waals surface area (Å²) in [7, 11) is 0. The number of carbonyl (C=O) groups is 1. The number of cyclic esters (lactones) is 1. The van der Waals surface area contributed by atoms with E-state index in [1.165, 1.54) is 0 Å². The fourth-order valence-corrected chi connectivity index (χ4v) is 3.49. The zero-order valence-corrected chi connectivity index (χ0v) is 13.9. The van der Waals surface area contributed by atoms with Gasteiger partial charge in [-0.3, -0.25) is 4.79 Å². The van der Waals surface area contributed by atoms with E-state index in [4.69, 9.17) is 4.74 Å². The molecular formula is C14H25IO3. The summed E-state index contributed by atoms with van der Waals surface area (Å²) in [5.41, 5.74) is 0. The zero-order valence-electron chi connectivity index (χ0n) is 11.7. The molecule has 0 radical (unpaired) electrons. The minimum Gasteiger partial charge on any atom is -0.461 e. The molecule has 0 bridgehead atoms. The van der Waals surface area contributed by atoms with Crippen molar-refractivity contribution in [1.29, 1.82) is 0 Å². The van der Waals surface area contributed by atoms with E-state index >= 15 is 0 Å². The molecule has 1 aliphatic rings. The van der Waals surface area contributed by atoms with Crippen LogP contribution in [0.2, 0.25) is 0 Å². The Hall–Kier alpha value is 0.160. The van der Waals surface area contributed by atoms with Crippen molar-refractivity contribution in [3.8, 4) is 0 Å². The van der Waals surface area contributed by atoms with Gasteiger partial charge in [0, 0.05) is 10.5 Å². The number of halogens is 1. The first-order valence-corrected chi connectivity index (χ1v) is 8.06. The Balaban J connectivity index is 2.53. The first kappa shape index (κ1) is 16.2. The van der Waals surface area contributed by atoms with Gasteiger partial charge >= 0.3 is 5.97 Å². The molecule has 106 valence electrons. The summed E-state index contributed by atoms with van der Waals surface area (Å²) in [6.07, 6.45) is 1.77. The molecule has 0 aromatic carbocycles. The van der Waals surface area contributed by atoms with Crippen molar-refractivity contribution in [3.63, 3.8) is 0 Å². The van der Waals surface area contributed by atoms with Crippen LogP contribution in [0.1, 0.15) is 40.5 Å². The van der Waals surface area contributed by atoms with Gasteiger partial charge < -0.3 is 9.84 Å². The molecule has 18 heavy (non-hydrogen) atoms. The lowest BCUT2D eigenvalue weighted by Gasteiger charge is -2.24. The summed E-state index contributed by atoms with van der Waals surface area (Å²) in [5, 5.41) is 9.37. The van der Waals surface area contributed by atoms with Crippen LogP contribution in [-0.4, -0.2) is 27.7 Å². The molecule has 0 aromatic heterocycles. The SMILES string of the molecule is CC(C)[C@@H](CO)C[C@H](I)[C@@H]1C[C@@H](C(C)C)C(=O)O1. The topological polar surface area (TPSA) is 46.5 Å². The molecule has 0 amide bonds. The number of rotatable bonds is 6. The fourth-order valence-electron chi connectivity index (χ4n) is 2.40. The second-order valence-electron chi connectivity index (χ2n) is 6.00. The van der Waals surface area contributed by atoms with Gasteiger partial charge in [0.25, 0.3) is 0 Å². The molecule has 1 saturated heterocycles. The van der Waals surface area contributed by atoms with Crippen molar-refractivity contribution in [3.05, 3.63) is 0 Å². The predicted molar refractivity (Wildman–Crippen MR) is 80.7 cm³/mol. The Morgan fingerprint density at radius 3 is 2.39 bits per heavy atom. The Morgan fingerprint density at radius 2 is 2.00 bits per heavy atom. The van der Waals surface area contributed by atoms with E-state index in [0.717, 1.165) is 12.8 Å². The van der Waals surface area contributed by atoms with Crippen LogP contribution < -0.4 is 0 Å². The number of ether oxygens (including phenoxy) is 1. The van der Waals surface area contributed by atoms with Gasteiger partial charge in [0.15, 0.2) is 0 Å². The maximum Gasteiger partial charge on any atom is 0.309 e. The van der Waals surface area contributed by atoms with Crippen molar-refractivity contribution < 1.29 is 14.6 Å². The molecule has 1 fully saturated rings. The average molecular weight is 368 g/mol. The lowest BCUT2D eigenvalue weighted by molar-refractivity contribution is -0.145. The monoisotopic (exact) mass is 368 g/mol. The smallest absolute Gasteiger partial charge is 0.309 e. The fraction of sp³-hybridized carbons (Fsp3) is 0.929. The Morgan fingerprint density at radius 1 is 1.39 bits per heavy atom. The van der Waals surface area contributed by atoms with E-state index in [1.807, 2.05) is 0 Å². The van der Waals surface area contributed by atoms with Gasteiger partial charge in [-0.25, -0.2) is 0 Å². The van der Waals surface area contributed by atoms with Crippen molar-refractivity contribution >= 4 is 28.6 Å². The Kier molecular flexibility index (Phi) is 6.38. The van der Waals surface area contributed by atoms with Gasteiger partial charge in [0.2, 0.25) is 0 Å². The highest BCUT2D eigenvalue weighted by atomic mass is 127. The van der Waals surface area contributed by atoms with Crippen LogP contribution in [0.5, 0.6) is 0 Å². The minimum atomic E-state index is -0.0400. The number of aliphatic hydroxyl groups is 1. The van der Waals surface area contributed by atoms with Crippen LogP contribution in [0, 0.1) is 23.7 Å². The van der Waals surface area contributed by atoms with E-state index in [9.17, 15) is 9.90 Å². The molecule has 0 aromatic rings. The van der Waals surface area contributed by atoms with E-state index in [1.54, 1.807) is 0 Å². The maximum atomic E-state index is 11.7. The number of alkyl halides is 1. The predicted octanol–water partition coefficient (Wildman–Crippen LogP) is 3.03. The van der Waals surface area contributed by atoms with Gasteiger partial charge in [-0.15, -0.1) is 0 Å². The quantitative estimate of drug-likeness (QED) is 0.445. The summed E-state index contributed by atoms with van der Waals surface area (Å²) in [5.74, 6) is 1.12. The average Bonchev–Trinajstić information content (AvgIpc) is 2.67. The number of hydrogen-bond acceptors (Lipinski definition) is 3.